The van der Waals surface area contributed by atoms with Crippen LogP contribution in [-0.2, 0) is 17.8 Å². The molecule has 0 saturated heterocycles. The lowest BCUT2D eigenvalue weighted by Crippen LogP contribution is -2.17. The first-order chi connectivity index (χ1) is 11.9. The van der Waals surface area contributed by atoms with Crippen LogP contribution in [0.4, 0.5) is 5.69 Å². The molecule has 10 heteroatoms. The van der Waals surface area contributed by atoms with Gasteiger partial charge in [-0.1, -0.05) is 41.5 Å². The molecule has 0 aliphatic rings. The normalized spacial score (nSPS) is 11.0. The zero-order valence-corrected chi connectivity index (χ0v) is 15.3. The van der Waals surface area contributed by atoms with Crippen LogP contribution in [0.25, 0.3) is 4.96 Å². The number of anilines is 1. The summed E-state index contributed by atoms with van der Waals surface area (Å²) in [6, 6.07) is 4.07. The highest BCUT2D eigenvalue weighted by molar-refractivity contribution is 7.16. The number of benzene rings is 1. The predicted octanol–water partition coefficient (Wildman–Crippen LogP) is 2.96. The fraction of sp³-hybridized carbons (Fsp3) is 0.200. The Labute approximate surface area is 156 Å². The lowest BCUT2D eigenvalue weighted by molar-refractivity contribution is 0.0469. The molecule has 0 spiro atoms. The Bertz CT molecular complexity index is 1030. The van der Waals surface area contributed by atoms with Gasteiger partial charge in [0.2, 0.25) is 4.96 Å². The van der Waals surface area contributed by atoms with Gasteiger partial charge in [-0.2, -0.15) is 9.61 Å². The van der Waals surface area contributed by atoms with E-state index >= 15 is 0 Å². The lowest BCUT2D eigenvalue weighted by Gasteiger charge is -2.08. The van der Waals surface area contributed by atoms with Crippen molar-refractivity contribution < 1.29 is 9.53 Å². The summed E-state index contributed by atoms with van der Waals surface area (Å²) in [5, 5.41) is 5.37. The van der Waals surface area contributed by atoms with Gasteiger partial charge in [0.15, 0.2) is 0 Å². The summed E-state index contributed by atoms with van der Waals surface area (Å²) < 4.78 is 6.41. The summed E-state index contributed by atoms with van der Waals surface area (Å²) in [6.45, 7) is 1.75. The summed E-state index contributed by atoms with van der Waals surface area (Å²) in [5.74, 6) is -0.706. The van der Waals surface area contributed by atoms with Crippen LogP contribution in [0.1, 0.15) is 28.0 Å². The largest absolute Gasteiger partial charge is 0.456 e. The van der Waals surface area contributed by atoms with E-state index < -0.39 is 5.97 Å². The van der Waals surface area contributed by atoms with Crippen LogP contribution in [0.3, 0.4) is 0 Å². The standard InChI is InChI=1S/C15H12Cl2N4O3S/c1-2-11-20-21-12(22)5-8(19-15(21)25-11)6-24-14(23)9-3-7(16)4-10(17)13(9)18/h3-5H,2,6,18H2,1H3. The minimum Gasteiger partial charge on any atom is -0.456 e. The number of rotatable bonds is 4. The number of nitrogens with zero attached hydrogens (tertiary/aromatic N) is 3. The van der Waals surface area contributed by atoms with Crippen LogP contribution in [0.15, 0.2) is 23.0 Å². The number of fused-ring (bicyclic) bond motifs is 1. The van der Waals surface area contributed by atoms with Gasteiger partial charge in [-0.3, -0.25) is 4.79 Å². The molecule has 2 heterocycles. The molecule has 1 aromatic carbocycles. The van der Waals surface area contributed by atoms with E-state index in [-0.39, 0.29) is 33.5 Å². The number of aromatic nitrogens is 3. The van der Waals surface area contributed by atoms with Gasteiger partial charge in [-0.25, -0.2) is 9.78 Å². The molecule has 0 saturated carbocycles. The van der Waals surface area contributed by atoms with E-state index in [4.69, 9.17) is 33.7 Å². The topological polar surface area (TPSA) is 99.6 Å². The van der Waals surface area contributed by atoms with Crippen molar-refractivity contribution in [2.75, 3.05) is 5.73 Å². The quantitative estimate of drug-likeness (QED) is 0.535. The van der Waals surface area contributed by atoms with Crippen molar-refractivity contribution in [3.05, 3.63) is 54.9 Å². The maximum absolute atomic E-state index is 12.2. The average molecular weight is 399 g/mol. The monoisotopic (exact) mass is 398 g/mol. The minimum atomic E-state index is -0.706. The van der Waals surface area contributed by atoms with E-state index in [0.29, 0.717) is 17.1 Å². The van der Waals surface area contributed by atoms with Crippen molar-refractivity contribution in [2.24, 2.45) is 0 Å². The highest BCUT2D eigenvalue weighted by atomic mass is 35.5. The van der Waals surface area contributed by atoms with Crippen LogP contribution in [0.2, 0.25) is 10.0 Å². The summed E-state index contributed by atoms with van der Waals surface area (Å²) in [5.41, 5.74) is 5.89. The summed E-state index contributed by atoms with van der Waals surface area (Å²) in [4.78, 5) is 29.0. The third-order valence-electron chi connectivity index (χ3n) is 3.31. The molecule has 0 bridgehead atoms. The van der Waals surface area contributed by atoms with Crippen molar-refractivity contribution >= 4 is 51.2 Å². The number of hydrogen-bond donors (Lipinski definition) is 1. The van der Waals surface area contributed by atoms with E-state index in [1.165, 1.54) is 34.1 Å². The molecule has 2 N–H and O–H groups in total. The molecule has 7 nitrogen and oxygen atoms in total. The molecule has 0 atom stereocenters. The highest BCUT2D eigenvalue weighted by Gasteiger charge is 2.16. The maximum atomic E-state index is 12.2. The van der Waals surface area contributed by atoms with E-state index in [1.807, 2.05) is 6.92 Å². The number of carbonyl (C=O) groups excluding carboxylic acids is 1. The molecule has 25 heavy (non-hydrogen) atoms. The van der Waals surface area contributed by atoms with Crippen molar-refractivity contribution in [3.8, 4) is 0 Å². The number of esters is 1. The molecule has 130 valence electrons. The second kappa shape index (κ2) is 6.99. The summed E-state index contributed by atoms with van der Waals surface area (Å²) >= 11 is 13.1. The molecule has 0 aliphatic heterocycles. The van der Waals surface area contributed by atoms with Gasteiger partial charge in [0, 0.05) is 11.1 Å². The smallest absolute Gasteiger partial charge is 0.340 e. The van der Waals surface area contributed by atoms with Crippen molar-refractivity contribution in [1.82, 2.24) is 14.6 Å². The molecule has 0 unspecified atom stereocenters. The van der Waals surface area contributed by atoms with Crippen molar-refractivity contribution in [1.29, 1.82) is 0 Å². The zero-order valence-electron chi connectivity index (χ0n) is 13.0. The molecular formula is C15H12Cl2N4O3S. The highest BCUT2D eigenvalue weighted by Crippen LogP contribution is 2.28. The van der Waals surface area contributed by atoms with E-state index in [0.717, 1.165) is 5.01 Å². The number of halogens is 2. The Morgan fingerprint density at radius 3 is 2.84 bits per heavy atom. The van der Waals surface area contributed by atoms with E-state index in [2.05, 4.69) is 10.1 Å². The number of ether oxygens (including phenoxy) is 1. The Morgan fingerprint density at radius 1 is 1.36 bits per heavy atom. The van der Waals surface area contributed by atoms with Crippen LogP contribution in [-0.4, -0.2) is 20.6 Å². The fourth-order valence-corrected chi connectivity index (χ4v) is 3.43. The number of hydrogen-bond acceptors (Lipinski definition) is 7. The molecule has 3 rings (SSSR count). The minimum absolute atomic E-state index is 0.0568. The van der Waals surface area contributed by atoms with E-state index in [1.54, 1.807) is 0 Å². The number of carbonyl (C=O) groups is 1. The Balaban J connectivity index is 1.83. The molecule has 0 amide bonds. The Hall–Kier alpha value is -2.16. The van der Waals surface area contributed by atoms with Gasteiger partial charge >= 0.3 is 5.97 Å². The molecule has 3 aromatic rings. The average Bonchev–Trinajstić information content (AvgIpc) is 2.99. The molecule has 2 aromatic heterocycles. The molecule has 0 fully saturated rings. The van der Waals surface area contributed by atoms with Crippen LogP contribution >= 0.6 is 34.5 Å². The van der Waals surface area contributed by atoms with Gasteiger partial charge in [0.1, 0.15) is 11.6 Å². The van der Waals surface area contributed by atoms with Gasteiger partial charge in [-0.15, -0.1) is 0 Å². The molecule has 0 radical (unpaired) electrons. The predicted molar refractivity (Wildman–Crippen MR) is 96.5 cm³/mol. The zero-order chi connectivity index (χ0) is 18.1. The maximum Gasteiger partial charge on any atom is 0.340 e. The van der Waals surface area contributed by atoms with Crippen LogP contribution in [0.5, 0.6) is 0 Å². The lowest BCUT2D eigenvalue weighted by atomic mass is 10.2. The molecular weight excluding hydrogens is 387 g/mol. The van der Waals surface area contributed by atoms with Gasteiger partial charge < -0.3 is 10.5 Å². The van der Waals surface area contributed by atoms with Crippen LogP contribution in [0, 0.1) is 0 Å². The second-order valence-corrected chi connectivity index (χ2v) is 6.94. The Kier molecular flexibility index (Phi) is 4.94. The number of aryl methyl sites for hydroxylation is 1. The Morgan fingerprint density at radius 2 is 2.12 bits per heavy atom. The second-order valence-electron chi connectivity index (χ2n) is 5.05. The van der Waals surface area contributed by atoms with Crippen molar-refractivity contribution in [3.63, 3.8) is 0 Å². The van der Waals surface area contributed by atoms with Gasteiger partial charge in [0.25, 0.3) is 5.56 Å². The SMILES string of the molecule is CCc1nn2c(=O)cc(COC(=O)c3cc(Cl)cc(Cl)c3N)nc2s1. The summed E-state index contributed by atoms with van der Waals surface area (Å²) in [6.07, 6.45) is 0.701. The number of nitrogens with two attached hydrogens (primary N) is 1. The summed E-state index contributed by atoms with van der Waals surface area (Å²) in [7, 11) is 0. The van der Waals surface area contributed by atoms with Gasteiger partial charge in [0.05, 0.1) is 22.0 Å². The molecule has 0 aliphatic carbocycles. The first-order valence-electron chi connectivity index (χ1n) is 7.19. The first-order valence-corrected chi connectivity index (χ1v) is 8.76. The fourth-order valence-electron chi connectivity index (χ4n) is 2.08. The number of nitrogen functional groups attached to an aromatic ring is 1. The van der Waals surface area contributed by atoms with Gasteiger partial charge in [-0.05, 0) is 18.6 Å². The third kappa shape index (κ3) is 3.60. The third-order valence-corrected chi connectivity index (χ3v) is 4.89. The first kappa shape index (κ1) is 17.7. The van der Waals surface area contributed by atoms with Crippen molar-refractivity contribution in [2.45, 2.75) is 20.0 Å². The van der Waals surface area contributed by atoms with E-state index in [9.17, 15) is 9.59 Å². The van der Waals surface area contributed by atoms with Crippen LogP contribution < -0.4 is 11.3 Å².